The number of nitrogens with zero attached hydrogens (tertiary/aromatic N) is 1. The summed E-state index contributed by atoms with van der Waals surface area (Å²) in [5.74, 6) is -0.994. The van der Waals surface area contributed by atoms with Gasteiger partial charge in [-0.1, -0.05) is 0 Å². The van der Waals surface area contributed by atoms with E-state index in [9.17, 15) is 18.0 Å². The highest BCUT2D eigenvalue weighted by Gasteiger charge is 2.20. The van der Waals surface area contributed by atoms with Crippen molar-refractivity contribution < 1.29 is 27.2 Å². The maximum absolute atomic E-state index is 13.5. The van der Waals surface area contributed by atoms with Crippen LogP contribution in [-0.2, 0) is 10.0 Å². The molecule has 1 aromatic heterocycles. The van der Waals surface area contributed by atoms with E-state index in [0.717, 1.165) is 18.5 Å². The molecule has 0 fully saturated rings. The summed E-state index contributed by atoms with van der Waals surface area (Å²) in [5, 5.41) is 14.1. The van der Waals surface area contributed by atoms with Crippen molar-refractivity contribution in [3.05, 3.63) is 36.7 Å². The third-order valence-corrected chi connectivity index (χ3v) is 3.07. The number of sulfonamides is 1. The van der Waals surface area contributed by atoms with E-state index in [0.29, 0.717) is 4.73 Å². The third kappa shape index (κ3) is 2.12. The first kappa shape index (κ1) is 11.6. The Morgan fingerprint density at radius 2 is 2.12 bits per heavy atom. The smallest absolute Gasteiger partial charge is 0.385 e. The minimum atomic E-state index is -4.10. The summed E-state index contributed by atoms with van der Waals surface area (Å²) in [7, 11) is -4.10. The van der Waals surface area contributed by atoms with Gasteiger partial charge in [0.25, 0.3) is 0 Å². The van der Waals surface area contributed by atoms with Crippen LogP contribution in [0.3, 0.4) is 0 Å². The summed E-state index contributed by atoms with van der Waals surface area (Å²) in [6.45, 7) is 0. The largest absolute Gasteiger partial charge is 0.408 e. The number of primary sulfonamides is 1. The monoisotopic (exact) mass is 259 g/mol. The summed E-state index contributed by atoms with van der Waals surface area (Å²) in [6.07, 6.45) is 2.19. The lowest BCUT2D eigenvalue weighted by Gasteiger charge is -2.00. The highest BCUT2D eigenvalue weighted by Crippen LogP contribution is 2.21. The molecular weight excluding hydrogens is 251 g/mol. The van der Waals surface area contributed by atoms with Gasteiger partial charge in [-0.25, -0.2) is 17.9 Å². The molecular formula is C9H8FN2O4S+. The van der Waals surface area contributed by atoms with Crippen LogP contribution in [0.4, 0.5) is 4.39 Å². The van der Waals surface area contributed by atoms with Crippen molar-refractivity contribution >= 4 is 10.0 Å². The molecule has 2 aromatic rings. The lowest BCUT2D eigenvalue weighted by molar-refractivity contribution is -0.898. The zero-order chi connectivity index (χ0) is 12.6. The van der Waals surface area contributed by atoms with Crippen molar-refractivity contribution in [2.24, 2.45) is 5.14 Å². The fourth-order valence-electron chi connectivity index (χ4n) is 1.35. The SMILES string of the molecule is NS(=O)(=O)c1ccc(-c2coc[n+]2O)cc1F. The van der Waals surface area contributed by atoms with Crippen molar-refractivity contribution in [3.63, 3.8) is 0 Å². The molecule has 3 N–H and O–H groups in total. The van der Waals surface area contributed by atoms with E-state index < -0.39 is 20.7 Å². The Morgan fingerprint density at radius 1 is 1.41 bits per heavy atom. The Morgan fingerprint density at radius 3 is 2.59 bits per heavy atom. The molecule has 0 saturated heterocycles. The molecule has 0 saturated carbocycles. The molecule has 0 radical (unpaired) electrons. The highest BCUT2D eigenvalue weighted by atomic mass is 32.2. The minimum Gasteiger partial charge on any atom is -0.408 e. The molecule has 0 aliphatic rings. The molecule has 8 heteroatoms. The third-order valence-electron chi connectivity index (χ3n) is 2.12. The molecule has 0 unspecified atom stereocenters. The van der Waals surface area contributed by atoms with Gasteiger partial charge in [-0.3, -0.25) is 5.21 Å². The summed E-state index contributed by atoms with van der Waals surface area (Å²) in [5.41, 5.74) is 0.441. The van der Waals surface area contributed by atoms with Gasteiger partial charge in [0.15, 0.2) is 6.26 Å². The van der Waals surface area contributed by atoms with E-state index in [1.807, 2.05) is 0 Å². The second-order valence-corrected chi connectivity index (χ2v) is 4.81. The van der Waals surface area contributed by atoms with Crippen LogP contribution >= 0.6 is 0 Å². The Bertz CT molecular complexity index is 665. The summed E-state index contributed by atoms with van der Waals surface area (Å²) in [4.78, 5) is -0.603. The number of hydrogen-bond acceptors (Lipinski definition) is 4. The van der Waals surface area contributed by atoms with Crippen LogP contribution in [0, 0.1) is 5.82 Å². The second kappa shape index (κ2) is 3.82. The number of oxazole rings is 1. The van der Waals surface area contributed by atoms with Gasteiger partial charge in [0, 0.05) is 0 Å². The molecule has 0 aliphatic carbocycles. The fourth-order valence-corrected chi connectivity index (χ4v) is 1.94. The molecule has 6 nitrogen and oxygen atoms in total. The first-order chi connectivity index (χ1) is 7.89. The number of rotatable bonds is 2. The van der Waals surface area contributed by atoms with Crippen LogP contribution in [0.1, 0.15) is 0 Å². The van der Waals surface area contributed by atoms with Crippen LogP contribution in [0.25, 0.3) is 11.3 Å². The lowest BCUT2D eigenvalue weighted by Crippen LogP contribution is -2.29. The van der Waals surface area contributed by atoms with Crippen molar-refractivity contribution in [2.75, 3.05) is 0 Å². The van der Waals surface area contributed by atoms with Gasteiger partial charge in [-0.15, -0.1) is 0 Å². The summed E-state index contributed by atoms with van der Waals surface area (Å²) < 4.78 is 40.8. The molecule has 0 atom stereocenters. The van der Waals surface area contributed by atoms with Crippen LogP contribution in [0.2, 0.25) is 0 Å². The molecule has 17 heavy (non-hydrogen) atoms. The van der Waals surface area contributed by atoms with Crippen molar-refractivity contribution in [3.8, 4) is 11.3 Å². The van der Waals surface area contributed by atoms with Crippen LogP contribution in [0.15, 0.2) is 40.2 Å². The van der Waals surface area contributed by atoms with Crippen LogP contribution < -0.4 is 9.87 Å². The first-order valence-corrected chi connectivity index (χ1v) is 5.94. The number of benzene rings is 1. The zero-order valence-corrected chi connectivity index (χ0v) is 9.19. The molecule has 1 aromatic carbocycles. The van der Waals surface area contributed by atoms with Crippen molar-refractivity contribution in [2.45, 2.75) is 4.90 Å². The molecule has 0 amide bonds. The van der Waals surface area contributed by atoms with Gasteiger partial charge in [0.1, 0.15) is 10.7 Å². The van der Waals surface area contributed by atoms with Gasteiger partial charge in [-0.05, 0) is 18.2 Å². The van der Waals surface area contributed by atoms with E-state index in [1.54, 1.807) is 0 Å². The average molecular weight is 259 g/mol. The van der Waals surface area contributed by atoms with E-state index in [-0.39, 0.29) is 11.3 Å². The Balaban J connectivity index is 2.56. The van der Waals surface area contributed by atoms with E-state index >= 15 is 0 Å². The number of hydrogen-bond donors (Lipinski definition) is 2. The van der Waals surface area contributed by atoms with Gasteiger partial charge in [0.2, 0.25) is 10.0 Å². The zero-order valence-electron chi connectivity index (χ0n) is 8.37. The molecule has 0 aliphatic heterocycles. The quantitative estimate of drug-likeness (QED) is 0.597. The predicted octanol–water partition coefficient (Wildman–Crippen LogP) is 0.258. The maximum Gasteiger partial charge on any atom is 0.385 e. The van der Waals surface area contributed by atoms with Gasteiger partial charge >= 0.3 is 12.1 Å². The van der Waals surface area contributed by atoms with Gasteiger partial charge in [0.05, 0.1) is 10.3 Å². The summed E-state index contributed by atoms with van der Waals surface area (Å²) in [6, 6.07) is 3.27. The number of nitrogens with two attached hydrogens (primary N) is 1. The topological polar surface area (TPSA) is 97.4 Å². The van der Waals surface area contributed by atoms with E-state index in [2.05, 4.69) is 4.42 Å². The molecule has 2 rings (SSSR count). The Kier molecular flexibility index (Phi) is 2.60. The number of aromatic nitrogens is 1. The highest BCUT2D eigenvalue weighted by molar-refractivity contribution is 7.89. The van der Waals surface area contributed by atoms with Crippen LogP contribution in [0.5, 0.6) is 0 Å². The molecule has 90 valence electrons. The normalized spacial score (nSPS) is 11.6. The second-order valence-electron chi connectivity index (χ2n) is 3.28. The number of halogens is 1. The van der Waals surface area contributed by atoms with Crippen molar-refractivity contribution in [1.82, 2.24) is 0 Å². The molecule has 1 heterocycles. The minimum absolute atomic E-state index is 0.185. The van der Waals surface area contributed by atoms with Crippen molar-refractivity contribution in [1.29, 1.82) is 0 Å². The Labute approximate surface area is 95.7 Å². The fraction of sp³-hybridized carbons (Fsp3) is 0. The van der Waals surface area contributed by atoms with E-state index in [4.69, 9.17) is 5.14 Å². The summed E-state index contributed by atoms with van der Waals surface area (Å²) >= 11 is 0. The average Bonchev–Trinajstić information content (AvgIpc) is 2.62. The van der Waals surface area contributed by atoms with Gasteiger partial charge < -0.3 is 4.42 Å². The molecule has 0 spiro atoms. The van der Waals surface area contributed by atoms with E-state index in [1.165, 1.54) is 12.3 Å². The lowest BCUT2D eigenvalue weighted by atomic mass is 10.2. The standard InChI is InChI=1S/C9H8FN2O4S/c10-7-3-6(8-4-16-5-12(8)13)1-2-9(7)17(11,14)15/h1-5,13H,(H2,11,14,15)/q+1. The maximum atomic E-state index is 13.5. The predicted molar refractivity (Wildman–Crippen MR) is 52.9 cm³/mol. The van der Waals surface area contributed by atoms with Crippen LogP contribution in [-0.4, -0.2) is 13.6 Å². The Hall–Kier alpha value is -1.93. The molecule has 0 bridgehead atoms. The first-order valence-electron chi connectivity index (χ1n) is 4.39. The van der Waals surface area contributed by atoms with Gasteiger partial charge in [-0.2, -0.15) is 0 Å².